The number of carbonyl (C=O) groups excluding carboxylic acids is 1. The number of benzene rings is 2. The van der Waals surface area contributed by atoms with Crippen LogP contribution in [-0.2, 0) is 0 Å². The molecule has 2 aromatic carbocycles. The molecule has 0 amide bonds. The Labute approximate surface area is 148 Å². The molecule has 0 aromatic heterocycles. The average Bonchev–Trinajstić information content (AvgIpc) is 2.54. The van der Waals surface area contributed by atoms with E-state index in [4.69, 9.17) is 10.5 Å². The Kier molecular flexibility index (Phi) is 5.89. The fraction of sp³-hybridized carbons (Fsp3) is 0.188. The number of nitrogen functional groups attached to an aromatic ring is 1. The van der Waals surface area contributed by atoms with Crippen molar-refractivity contribution in [2.75, 3.05) is 12.3 Å². The van der Waals surface area contributed by atoms with Gasteiger partial charge in [0.2, 0.25) is 5.78 Å². The van der Waals surface area contributed by atoms with Crippen LogP contribution in [0.3, 0.4) is 0 Å². The molecule has 0 aliphatic heterocycles. The quantitative estimate of drug-likeness (QED) is 0.405. The summed E-state index contributed by atoms with van der Waals surface area (Å²) in [5.41, 5.74) is 5.67. The molecule has 0 atom stereocenters. The van der Waals surface area contributed by atoms with Crippen LogP contribution >= 0.6 is 15.9 Å². The Morgan fingerprint density at radius 3 is 2.48 bits per heavy atom. The third kappa shape index (κ3) is 4.62. The van der Waals surface area contributed by atoms with Crippen LogP contribution in [0, 0.1) is 0 Å². The summed E-state index contributed by atoms with van der Waals surface area (Å²) in [6.07, 6.45) is -8.75. The van der Waals surface area contributed by atoms with E-state index < -0.39 is 30.7 Å². The zero-order valence-corrected chi connectivity index (χ0v) is 14.1. The van der Waals surface area contributed by atoms with Crippen molar-refractivity contribution >= 4 is 27.4 Å². The predicted octanol–water partition coefficient (Wildman–Crippen LogP) is 4.53. The highest BCUT2D eigenvalue weighted by atomic mass is 79.9. The maximum absolute atomic E-state index is 13.1. The highest BCUT2D eigenvalue weighted by Gasteiger charge is 2.44. The van der Waals surface area contributed by atoms with E-state index in [1.807, 2.05) is 0 Å². The second kappa shape index (κ2) is 7.73. The smallest absolute Gasteiger partial charge is 0.461 e. The van der Waals surface area contributed by atoms with Crippen LogP contribution in [-0.4, -0.2) is 24.9 Å². The summed E-state index contributed by atoms with van der Waals surface area (Å²) in [5.74, 6) is -1.20. The van der Waals surface area contributed by atoms with Crippen LogP contribution in [0.1, 0.15) is 10.4 Å². The van der Waals surface area contributed by atoms with Crippen molar-refractivity contribution in [3.63, 3.8) is 0 Å². The van der Waals surface area contributed by atoms with Crippen LogP contribution in [0.4, 0.5) is 23.2 Å². The lowest BCUT2D eigenvalue weighted by atomic mass is 10.1. The van der Waals surface area contributed by atoms with E-state index in [-0.39, 0.29) is 17.0 Å². The minimum atomic E-state index is -4.72. The summed E-state index contributed by atoms with van der Waals surface area (Å²) in [6.45, 7) is -0.548. The molecule has 0 fully saturated rings. The average molecular weight is 422 g/mol. The van der Waals surface area contributed by atoms with Crippen LogP contribution in [0.15, 0.2) is 46.9 Å². The van der Waals surface area contributed by atoms with Crippen molar-refractivity contribution in [3.8, 4) is 11.5 Å². The second-order valence-electron chi connectivity index (χ2n) is 4.83. The molecule has 0 radical (unpaired) electrons. The van der Waals surface area contributed by atoms with Crippen molar-refractivity contribution in [3.05, 3.63) is 52.5 Å². The largest absolute Gasteiger partial charge is 0.482 e. The normalized spacial score (nSPS) is 11.4. The molecule has 2 N–H and O–H groups in total. The van der Waals surface area contributed by atoms with E-state index in [1.54, 1.807) is 18.2 Å². The van der Waals surface area contributed by atoms with Crippen LogP contribution < -0.4 is 15.2 Å². The molecule has 0 unspecified atom stereocenters. The van der Waals surface area contributed by atoms with Gasteiger partial charge < -0.3 is 15.2 Å². The van der Waals surface area contributed by atoms with Gasteiger partial charge in [-0.15, -0.1) is 0 Å². The van der Waals surface area contributed by atoms with Crippen molar-refractivity contribution < 1.29 is 31.8 Å². The first kappa shape index (κ1) is 19.0. The molecule has 25 heavy (non-hydrogen) atoms. The number of halogens is 5. The molecule has 0 saturated heterocycles. The number of alkyl halides is 4. The molecule has 0 aliphatic carbocycles. The fourth-order valence-electron chi connectivity index (χ4n) is 1.87. The van der Waals surface area contributed by atoms with E-state index in [1.165, 1.54) is 18.2 Å². The zero-order chi connectivity index (χ0) is 18.6. The molecular weight excluding hydrogens is 410 g/mol. The monoisotopic (exact) mass is 421 g/mol. The maximum atomic E-state index is 13.1. The number of para-hydroxylation sites is 2. The molecule has 2 aromatic rings. The lowest BCUT2D eigenvalue weighted by molar-refractivity contribution is -0.253. The van der Waals surface area contributed by atoms with Gasteiger partial charge >= 0.3 is 12.5 Å². The van der Waals surface area contributed by atoms with Gasteiger partial charge in [-0.1, -0.05) is 18.2 Å². The third-order valence-corrected chi connectivity index (χ3v) is 3.66. The molecule has 0 heterocycles. The van der Waals surface area contributed by atoms with Gasteiger partial charge in [0.25, 0.3) is 0 Å². The lowest BCUT2D eigenvalue weighted by Crippen LogP contribution is -2.34. The Hall–Kier alpha value is -2.29. The maximum Gasteiger partial charge on any atom is 0.461 e. The first-order chi connectivity index (χ1) is 11.7. The first-order valence-corrected chi connectivity index (χ1v) is 7.65. The zero-order valence-electron chi connectivity index (χ0n) is 12.5. The van der Waals surface area contributed by atoms with Gasteiger partial charge in [-0.3, -0.25) is 4.79 Å². The molecular formula is C16H12BrF4NO3. The van der Waals surface area contributed by atoms with E-state index in [2.05, 4.69) is 20.7 Å². The molecule has 134 valence electrons. The number of carbonyl (C=O) groups is 1. The Morgan fingerprint density at radius 2 is 1.84 bits per heavy atom. The molecule has 0 aliphatic rings. The van der Waals surface area contributed by atoms with Gasteiger partial charge in [0.05, 0.1) is 15.7 Å². The highest BCUT2D eigenvalue weighted by Crippen LogP contribution is 2.32. The van der Waals surface area contributed by atoms with Crippen molar-refractivity contribution in [2.45, 2.75) is 12.5 Å². The standard InChI is InChI=1S/C16H12BrF4NO3/c17-10-5-3-6-11(22)14(10)24-8-12(23)9-4-1-2-7-13(9)25-16(20,21)15(18)19/h1-7,15H,8,22H2. The Bertz CT molecular complexity index is 751. The highest BCUT2D eigenvalue weighted by molar-refractivity contribution is 9.10. The van der Waals surface area contributed by atoms with Crippen molar-refractivity contribution in [1.29, 1.82) is 0 Å². The minimum absolute atomic E-state index is 0.201. The van der Waals surface area contributed by atoms with E-state index in [9.17, 15) is 22.4 Å². The van der Waals surface area contributed by atoms with E-state index >= 15 is 0 Å². The molecule has 9 heteroatoms. The van der Waals surface area contributed by atoms with Gasteiger partial charge in [-0.25, -0.2) is 0 Å². The first-order valence-electron chi connectivity index (χ1n) is 6.86. The SMILES string of the molecule is Nc1cccc(Br)c1OCC(=O)c1ccccc1OC(F)(F)C(F)F. The van der Waals surface area contributed by atoms with Gasteiger partial charge in [-0.05, 0) is 40.2 Å². The van der Waals surface area contributed by atoms with Crippen molar-refractivity contribution in [1.82, 2.24) is 0 Å². The van der Waals surface area contributed by atoms with Crippen LogP contribution in [0.5, 0.6) is 11.5 Å². The third-order valence-electron chi connectivity index (χ3n) is 3.03. The summed E-state index contributed by atoms with van der Waals surface area (Å²) in [6, 6.07) is 9.67. The molecule has 4 nitrogen and oxygen atoms in total. The number of hydrogen-bond donors (Lipinski definition) is 1. The van der Waals surface area contributed by atoms with E-state index in [0.717, 1.165) is 6.07 Å². The summed E-state index contributed by atoms with van der Waals surface area (Å²) in [7, 11) is 0. The Morgan fingerprint density at radius 1 is 1.16 bits per heavy atom. The van der Waals surface area contributed by atoms with Crippen molar-refractivity contribution in [2.24, 2.45) is 0 Å². The molecule has 0 spiro atoms. The summed E-state index contributed by atoms with van der Waals surface area (Å²) in [4.78, 5) is 12.2. The summed E-state index contributed by atoms with van der Waals surface area (Å²) < 4.78 is 60.6. The Balaban J connectivity index is 2.17. The minimum Gasteiger partial charge on any atom is -0.482 e. The van der Waals surface area contributed by atoms with Crippen LogP contribution in [0.2, 0.25) is 0 Å². The number of nitrogens with two attached hydrogens (primary N) is 1. The summed E-state index contributed by atoms with van der Waals surface area (Å²) >= 11 is 3.20. The number of ether oxygens (including phenoxy) is 2. The number of rotatable bonds is 7. The second-order valence-corrected chi connectivity index (χ2v) is 5.69. The number of ketones is 1. The van der Waals surface area contributed by atoms with Gasteiger partial charge in [-0.2, -0.15) is 17.6 Å². The van der Waals surface area contributed by atoms with Crippen LogP contribution in [0.25, 0.3) is 0 Å². The number of Topliss-reactive ketones (excluding diaryl/α,β-unsaturated/α-hetero) is 1. The predicted molar refractivity (Wildman–Crippen MR) is 86.4 cm³/mol. The fourth-order valence-corrected chi connectivity index (χ4v) is 2.37. The molecule has 2 rings (SSSR count). The topological polar surface area (TPSA) is 61.5 Å². The summed E-state index contributed by atoms with van der Waals surface area (Å²) in [5, 5.41) is 0. The van der Waals surface area contributed by atoms with Gasteiger partial charge in [0, 0.05) is 0 Å². The van der Waals surface area contributed by atoms with Gasteiger partial charge in [0.1, 0.15) is 5.75 Å². The molecule has 0 bridgehead atoms. The number of anilines is 1. The van der Waals surface area contributed by atoms with E-state index in [0.29, 0.717) is 4.47 Å². The molecule has 0 saturated carbocycles. The van der Waals surface area contributed by atoms with Gasteiger partial charge in [0.15, 0.2) is 12.4 Å². The number of hydrogen-bond acceptors (Lipinski definition) is 4. The lowest BCUT2D eigenvalue weighted by Gasteiger charge is -2.18.